The summed E-state index contributed by atoms with van der Waals surface area (Å²) in [5.74, 6) is -1.44. The van der Waals surface area contributed by atoms with Gasteiger partial charge in [0.25, 0.3) is 5.91 Å². The van der Waals surface area contributed by atoms with Crippen LogP contribution in [0.4, 0.5) is 5.69 Å². The molecule has 2 N–H and O–H groups in total. The van der Waals surface area contributed by atoms with Gasteiger partial charge in [-0.2, -0.15) is 0 Å². The van der Waals surface area contributed by atoms with Crippen molar-refractivity contribution in [1.29, 1.82) is 0 Å². The Labute approximate surface area is 157 Å². The Bertz CT molecular complexity index is 894. The van der Waals surface area contributed by atoms with Crippen molar-refractivity contribution < 1.29 is 19.5 Å². The molecule has 1 fully saturated rings. The van der Waals surface area contributed by atoms with Gasteiger partial charge in [0.15, 0.2) is 0 Å². The highest BCUT2D eigenvalue weighted by Crippen LogP contribution is 2.32. The van der Waals surface area contributed by atoms with Crippen molar-refractivity contribution in [2.24, 2.45) is 0 Å². The third-order valence-electron chi connectivity index (χ3n) is 5.11. The highest BCUT2D eigenvalue weighted by Gasteiger charge is 2.45. The molecule has 1 aliphatic heterocycles. The van der Waals surface area contributed by atoms with Crippen LogP contribution in [0.15, 0.2) is 48.5 Å². The van der Waals surface area contributed by atoms with Crippen LogP contribution < -0.4 is 5.32 Å². The van der Waals surface area contributed by atoms with Gasteiger partial charge >= 0.3 is 5.97 Å². The van der Waals surface area contributed by atoms with Gasteiger partial charge < -0.3 is 15.3 Å². The summed E-state index contributed by atoms with van der Waals surface area (Å²) in [5.41, 5.74) is 0.879. The lowest BCUT2D eigenvalue weighted by atomic mass is 9.96. The maximum Gasteiger partial charge on any atom is 0.335 e. The van der Waals surface area contributed by atoms with E-state index in [4.69, 9.17) is 5.11 Å². The number of benzene rings is 2. The standard InChI is InChI=1S/C21H22N2O4/c1-14-13-16(9-10-17(14)19(25)26)22-20(27)21(2)11-6-12-23(21)18(24)15-7-4-3-5-8-15/h3-5,7-10,13H,6,11-12H2,1-2H3,(H,22,27)(H,25,26). The third-order valence-corrected chi connectivity index (χ3v) is 5.11. The van der Waals surface area contributed by atoms with Crippen LogP contribution in [0, 0.1) is 6.92 Å². The fourth-order valence-corrected chi connectivity index (χ4v) is 3.51. The minimum atomic E-state index is -1.01. The highest BCUT2D eigenvalue weighted by molar-refractivity contribution is 6.04. The minimum Gasteiger partial charge on any atom is -0.478 e. The smallest absolute Gasteiger partial charge is 0.335 e. The number of aryl methyl sites for hydroxylation is 1. The Kier molecular flexibility index (Phi) is 4.99. The molecule has 6 nitrogen and oxygen atoms in total. The molecule has 2 aromatic rings. The number of carbonyl (C=O) groups excluding carboxylic acids is 2. The molecule has 27 heavy (non-hydrogen) atoms. The SMILES string of the molecule is Cc1cc(NC(=O)C2(C)CCCN2C(=O)c2ccccc2)ccc1C(=O)O. The van der Waals surface area contributed by atoms with Crippen LogP contribution in [0.25, 0.3) is 0 Å². The minimum absolute atomic E-state index is 0.164. The van der Waals surface area contributed by atoms with Gasteiger partial charge in [-0.05, 0) is 62.6 Å². The summed E-state index contributed by atoms with van der Waals surface area (Å²) in [6.07, 6.45) is 1.32. The summed E-state index contributed by atoms with van der Waals surface area (Å²) in [5, 5.41) is 12.0. The van der Waals surface area contributed by atoms with Crippen molar-refractivity contribution in [3.63, 3.8) is 0 Å². The number of hydrogen-bond donors (Lipinski definition) is 2. The van der Waals surface area contributed by atoms with Gasteiger partial charge in [0.05, 0.1) is 5.56 Å². The predicted octanol–water partition coefficient (Wildman–Crippen LogP) is 3.33. The first-order chi connectivity index (χ1) is 12.8. The summed E-state index contributed by atoms with van der Waals surface area (Å²) in [6, 6.07) is 13.6. The lowest BCUT2D eigenvalue weighted by Crippen LogP contribution is -2.53. The van der Waals surface area contributed by atoms with Crippen LogP contribution in [-0.2, 0) is 4.79 Å². The molecule has 2 aromatic carbocycles. The van der Waals surface area contributed by atoms with E-state index in [-0.39, 0.29) is 17.4 Å². The molecule has 2 amide bonds. The Balaban J connectivity index is 1.81. The fourth-order valence-electron chi connectivity index (χ4n) is 3.51. The number of aromatic carboxylic acids is 1. The van der Waals surface area contributed by atoms with E-state index in [1.807, 2.05) is 6.07 Å². The molecule has 0 saturated carbocycles. The molecule has 3 rings (SSSR count). The van der Waals surface area contributed by atoms with Crippen LogP contribution in [0.1, 0.15) is 46.0 Å². The molecule has 1 atom stereocenters. The molecule has 1 unspecified atom stereocenters. The normalized spacial score (nSPS) is 19.0. The number of amides is 2. The monoisotopic (exact) mass is 366 g/mol. The summed E-state index contributed by atoms with van der Waals surface area (Å²) in [6.45, 7) is 3.98. The number of hydrogen-bond acceptors (Lipinski definition) is 3. The van der Waals surface area contributed by atoms with Gasteiger partial charge in [0.2, 0.25) is 5.91 Å². The largest absolute Gasteiger partial charge is 0.478 e. The molecule has 1 saturated heterocycles. The summed E-state index contributed by atoms with van der Waals surface area (Å²) in [7, 11) is 0. The van der Waals surface area contributed by atoms with E-state index in [1.54, 1.807) is 55.1 Å². The summed E-state index contributed by atoms with van der Waals surface area (Å²) >= 11 is 0. The second kappa shape index (κ2) is 7.23. The van der Waals surface area contributed by atoms with Crippen molar-refractivity contribution in [2.75, 3.05) is 11.9 Å². The Morgan fingerprint density at radius 2 is 1.81 bits per heavy atom. The van der Waals surface area contributed by atoms with E-state index in [0.717, 1.165) is 6.42 Å². The van der Waals surface area contributed by atoms with Crippen LogP contribution in [-0.4, -0.2) is 39.9 Å². The van der Waals surface area contributed by atoms with Gasteiger partial charge in [-0.15, -0.1) is 0 Å². The van der Waals surface area contributed by atoms with Gasteiger partial charge in [0.1, 0.15) is 5.54 Å². The first-order valence-electron chi connectivity index (χ1n) is 8.85. The van der Waals surface area contributed by atoms with Crippen LogP contribution in [0.3, 0.4) is 0 Å². The Morgan fingerprint density at radius 3 is 2.44 bits per heavy atom. The predicted molar refractivity (Wildman–Crippen MR) is 102 cm³/mol. The number of likely N-dealkylation sites (tertiary alicyclic amines) is 1. The van der Waals surface area contributed by atoms with Crippen molar-refractivity contribution in [1.82, 2.24) is 4.90 Å². The molecule has 0 spiro atoms. The van der Waals surface area contributed by atoms with E-state index in [0.29, 0.717) is 29.8 Å². The first kappa shape index (κ1) is 18.6. The van der Waals surface area contributed by atoms with E-state index in [1.165, 1.54) is 6.07 Å². The summed E-state index contributed by atoms with van der Waals surface area (Å²) < 4.78 is 0. The lowest BCUT2D eigenvalue weighted by Gasteiger charge is -2.34. The second-order valence-corrected chi connectivity index (χ2v) is 6.99. The zero-order chi connectivity index (χ0) is 19.6. The number of carbonyl (C=O) groups is 3. The second-order valence-electron chi connectivity index (χ2n) is 6.99. The number of nitrogens with one attached hydrogen (secondary N) is 1. The first-order valence-corrected chi connectivity index (χ1v) is 8.85. The fraction of sp³-hybridized carbons (Fsp3) is 0.286. The van der Waals surface area contributed by atoms with E-state index < -0.39 is 11.5 Å². The van der Waals surface area contributed by atoms with Crippen molar-refractivity contribution in [3.8, 4) is 0 Å². The van der Waals surface area contributed by atoms with E-state index in [2.05, 4.69) is 5.32 Å². The molecule has 6 heteroatoms. The molecule has 0 radical (unpaired) electrons. The molecule has 0 bridgehead atoms. The van der Waals surface area contributed by atoms with E-state index in [9.17, 15) is 14.4 Å². The topological polar surface area (TPSA) is 86.7 Å². The highest BCUT2D eigenvalue weighted by atomic mass is 16.4. The number of rotatable bonds is 4. The van der Waals surface area contributed by atoms with Crippen LogP contribution in [0.2, 0.25) is 0 Å². The molecule has 140 valence electrons. The van der Waals surface area contributed by atoms with Gasteiger partial charge in [0, 0.05) is 17.8 Å². The molecule has 0 aromatic heterocycles. The third kappa shape index (κ3) is 3.56. The van der Waals surface area contributed by atoms with Gasteiger partial charge in [-0.25, -0.2) is 4.79 Å². The van der Waals surface area contributed by atoms with Gasteiger partial charge in [-0.3, -0.25) is 9.59 Å². The molecule has 0 aliphatic carbocycles. The maximum atomic E-state index is 13.0. The molecular weight excluding hydrogens is 344 g/mol. The average Bonchev–Trinajstić information content (AvgIpc) is 3.04. The lowest BCUT2D eigenvalue weighted by molar-refractivity contribution is -0.124. The van der Waals surface area contributed by atoms with Gasteiger partial charge in [-0.1, -0.05) is 18.2 Å². The van der Waals surface area contributed by atoms with Crippen molar-refractivity contribution >= 4 is 23.5 Å². The zero-order valence-corrected chi connectivity index (χ0v) is 15.4. The quantitative estimate of drug-likeness (QED) is 0.869. The number of anilines is 1. The van der Waals surface area contributed by atoms with Crippen LogP contribution >= 0.6 is 0 Å². The average molecular weight is 366 g/mol. The molecule has 1 heterocycles. The maximum absolute atomic E-state index is 13.0. The van der Waals surface area contributed by atoms with Crippen molar-refractivity contribution in [2.45, 2.75) is 32.2 Å². The molecular formula is C21H22N2O4. The van der Waals surface area contributed by atoms with Crippen LogP contribution in [0.5, 0.6) is 0 Å². The Morgan fingerprint density at radius 1 is 1.11 bits per heavy atom. The van der Waals surface area contributed by atoms with E-state index >= 15 is 0 Å². The summed E-state index contributed by atoms with van der Waals surface area (Å²) in [4.78, 5) is 38.6. The van der Waals surface area contributed by atoms with Crippen molar-refractivity contribution in [3.05, 3.63) is 65.2 Å². The number of carboxylic acids is 1. The zero-order valence-electron chi connectivity index (χ0n) is 15.4. The molecule has 1 aliphatic rings. The number of nitrogens with zero attached hydrogens (tertiary/aromatic N) is 1. The number of carboxylic acid groups (broad SMARTS) is 1. The Hall–Kier alpha value is -3.15.